The molecular weight excluding hydrogens is 481 g/mol. The molecule has 1 aliphatic carbocycles. The molecule has 0 aliphatic heterocycles. The van der Waals surface area contributed by atoms with E-state index in [2.05, 4.69) is 28.6 Å². The number of benzene rings is 1. The number of methoxy groups -OCH3 is 2. The Morgan fingerprint density at radius 2 is 1.86 bits per heavy atom. The molecule has 0 heterocycles. The molecule has 0 bridgehead atoms. The van der Waals surface area contributed by atoms with Gasteiger partial charge in [-0.15, -0.1) is 24.0 Å². The predicted octanol–water partition coefficient (Wildman–Crippen LogP) is 4.36. The molecule has 0 aromatic heterocycles. The lowest BCUT2D eigenvalue weighted by atomic mass is 9.83. The summed E-state index contributed by atoms with van der Waals surface area (Å²) in [5.74, 6) is 2.38. The van der Waals surface area contributed by atoms with Crippen LogP contribution in [0.15, 0.2) is 23.2 Å². The number of nitrogens with one attached hydrogen (secondary N) is 2. The first-order chi connectivity index (χ1) is 13.7. The number of halogens is 1. The Hall–Kier alpha value is -1.22. The minimum atomic E-state index is 0. The third-order valence-electron chi connectivity index (χ3n) is 5.50. The quantitative estimate of drug-likeness (QED) is 0.259. The van der Waals surface area contributed by atoms with Crippen LogP contribution in [0, 0.1) is 5.41 Å². The first-order valence-electron chi connectivity index (χ1n) is 10.4. The van der Waals surface area contributed by atoms with Gasteiger partial charge >= 0.3 is 0 Å². The molecule has 7 heteroatoms. The van der Waals surface area contributed by atoms with Gasteiger partial charge in [-0.05, 0) is 48.8 Å². The van der Waals surface area contributed by atoms with E-state index in [0.717, 1.165) is 49.0 Å². The van der Waals surface area contributed by atoms with Crippen molar-refractivity contribution in [1.82, 2.24) is 10.6 Å². The summed E-state index contributed by atoms with van der Waals surface area (Å²) in [5.41, 5.74) is 1.45. The van der Waals surface area contributed by atoms with Gasteiger partial charge in [0.25, 0.3) is 0 Å². The molecular formula is C22H38IN3O3. The maximum Gasteiger partial charge on any atom is 0.191 e. The van der Waals surface area contributed by atoms with E-state index >= 15 is 0 Å². The Morgan fingerprint density at radius 1 is 1.10 bits per heavy atom. The molecule has 1 aliphatic rings. The van der Waals surface area contributed by atoms with Crippen molar-refractivity contribution in [3.05, 3.63) is 23.8 Å². The second kappa shape index (κ2) is 13.9. The largest absolute Gasteiger partial charge is 0.493 e. The number of ether oxygens (including phenoxy) is 3. The van der Waals surface area contributed by atoms with Crippen LogP contribution in [0.3, 0.4) is 0 Å². The Labute approximate surface area is 193 Å². The highest BCUT2D eigenvalue weighted by Gasteiger charge is 2.33. The van der Waals surface area contributed by atoms with Crippen LogP contribution < -0.4 is 20.1 Å². The summed E-state index contributed by atoms with van der Waals surface area (Å²) >= 11 is 0. The van der Waals surface area contributed by atoms with Gasteiger partial charge in [-0.25, -0.2) is 0 Å². The van der Waals surface area contributed by atoms with Crippen LogP contribution in [-0.2, 0) is 11.3 Å². The number of rotatable bonds is 11. The number of aliphatic imine (C=N–C) groups is 1. The van der Waals surface area contributed by atoms with Crippen LogP contribution in [0.4, 0.5) is 0 Å². The summed E-state index contributed by atoms with van der Waals surface area (Å²) in [7, 11) is 5.27. The lowest BCUT2D eigenvalue weighted by Gasteiger charge is -2.30. The van der Waals surface area contributed by atoms with Crippen LogP contribution in [-0.4, -0.2) is 47.0 Å². The van der Waals surface area contributed by atoms with Gasteiger partial charge in [-0.1, -0.05) is 25.8 Å². The number of nitrogens with zero attached hydrogens (tertiary/aromatic N) is 1. The van der Waals surface area contributed by atoms with Gasteiger partial charge in [0.1, 0.15) is 0 Å². The number of hydrogen-bond acceptors (Lipinski definition) is 4. The minimum Gasteiger partial charge on any atom is -0.493 e. The summed E-state index contributed by atoms with van der Waals surface area (Å²) in [4.78, 5) is 4.38. The monoisotopic (exact) mass is 519 g/mol. The molecule has 1 aromatic rings. The van der Waals surface area contributed by atoms with Crippen LogP contribution >= 0.6 is 24.0 Å². The van der Waals surface area contributed by atoms with Crippen molar-refractivity contribution in [2.45, 2.75) is 52.0 Å². The molecule has 1 aromatic carbocycles. The van der Waals surface area contributed by atoms with Crippen molar-refractivity contribution < 1.29 is 14.2 Å². The highest BCUT2D eigenvalue weighted by Crippen LogP contribution is 2.40. The second-order valence-electron chi connectivity index (χ2n) is 7.56. The molecule has 0 atom stereocenters. The van der Waals surface area contributed by atoms with Crippen molar-refractivity contribution in [3.8, 4) is 11.5 Å². The van der Waals surface area contributed by atoms with E-state index < -0.39 is 0 Å². The molecule has 29 heavy (non-hydrogen) atoms. The Bertz CT molecular complexity index is 619. The zero-order valence-electron chi connectivity index (χ0n) is 18.4. The molecule has 0 radical (unpaired) electrons. The first kappa shape index (κ1) is 25.8. The lowest BCUT2D eigenvalue weighted by molar-refractivity contribution is 0.138. The van der Waals surface area contributed by atoms with Gasteiger partial charge in [-0.3, -0.25) is 4.99 Å². The highest BCUT2D eigenvalue weighted by atomic mass is 127. The van der Waals surface area contributed by atoms with Gasteiger partial charge in [0.05, 0.1) is 13.7 Å². The van der Waals surface area contributed by atoms with Gasteiger partial charge < -0.3 is 24.8 Å². The summed E-state index contributed by atoms with van der Waals surface area (Å²) < 4.78 is 16.5. The fourth-order valence-corrected chi connectivity index (χ4v) is 3.79. The lowest BCUT2D eigenvalue weighted by Crippen LogP contribution is -2.43. The maximum absolute atomic E-state index is 5.73. The van der Waals surface area contributed by atoms with E-state index in [1.54, 1.807) is 14.2 Å². The molecule has 2 N–H and O–H groups in total. The van der Waals surface area contributed by atoms with E-state index in [4.69, 9.17) is 14.2 Å². The van der Waals surface area contributed by atoms with Crippen LogP contribution in [0.5, 0.6) is 11.5 Å². The summed E-state index contributed by atoms with van der Waals surface area (Å²) in [5, 5.41) is 6.93. The van der Waals surface area contributed by atoms with E-state index in [-0.39, 0.29) is 24.0 Å². The molecule has 166 valence electrons. The van der Waals surface area contributed by atoms with Gasteiger partial charge in [0, 0.05) is 33.9 Å². The fraction of sp³-hybridized carbons (Fsp3) is 0.682. The highest BCUT2D eigenvalue weighted by molar-refractivity contribution is 14.0. The van der Waals surface area contributed by atoms with Crippen LogP contribution in [0.1, 0.15) is 51.0 Å². The van der Waals surface area contributed by atoms with Crippen molar-refractivity contribution in [1.29, 1.82) is 0 Å². The minimum absolute atomic E-state index is 0. The Morgan fingerprint density at radius 3 is 2.48 bits per heavy atom. The van der Waals surface area contributed by atoms with Gasteiger partial charge in [0.15, 0.2) is 17.5 Å². The summed E-state index contributed by atoms with van der Waals surface area (Å²) in [6.07, 6.45) is 7.21. The van der Waals surface area contributed by atoms with Crippen molar-refractivity contribution in [3.63, 3.8) is 0 Å². The normalized spacial score (nSPS) is 15.5. The third-order valence-corrected chi connectivity index (χ3v) is 5.50. The van der Waals surface area contributed by atoms with Gasteiger partial charge in [0.2, 0.25) is 0 Å². The third kappa shape index (κ3) is 8.20. The smallest absolute Gasteiger partial charge is 0.191 e. The fourth-order valence-electron chi connectivity index (χ4n) is 3.79. The predicted molar refractivity (Wildman–Crippen MR) is 130 cm³/mol. The molecule has 2 rings (SSSR count). The summed E-state index contributed by atoms with van der Waals surface area (Å²) in [6, 6.07) is 6.05. The Kier molecular flexibility index (Phi) is 12.4. The van der Waals surface area contributed by atoms with Crippen LogP contribution in [0.25, 0.3) is 0 Å². The molecule has 0 amide bonds. The number of guanidine groups is 1. The Balaban J connectivity index is 0.00000420. The molecule has 0 saturated heterocycles. The van der Waals surface area contributed by atoms with E-state index in [9.17, 15) is 0 Å². The zero-order chi connectivity index (χ0) is 20.2. The van der Waals surface area contributed by atoms with E-state index in [0.29, 0.717) is 18.6 Å². The molecule has 6 nitrogen and oxygen atoms in total. The molecule has 1 saturated carbocycles. The van der Waals surface area contributed by atoms with Crippen molar-refractivity contribution in [2.75, 3.05) is 41.0 Å². The van der Waals surface area contributed by atoms with E-state index in [1.807, 2.05) is 19.2 Å². The summed E-state index contributed by atoms with van der Waals surface area (Å²) in [6.45, 7) is 5.21. The van der Waals surface area contributed by atoms with E-state index in [1.165, 1.54) is 25.7 Å². The topological polar surface area (TPSA) is 64.1 Å². The molecule has 0 unspecified atom stereocenters. The number of hydrogen-bond donors (Lipinski definition) is 2. The zero-order valence-corrected chi connectivity index (χ0v) is 20.7. The molecule has 0 spiro atoms. The van der Waals surface area contributed by atoms with Crippen molar-refractivity contribution in [2.24, 2.45) is 10.4 Å². The average Bonchev–Trinajstić information content (AvgIpc) is 3.20. The maximum atomic E-state index is 5.73. The van der Waals surface area contributed by atoms with Crippen LogP contribution in [0.2, 0.25) is 0 Å². The van der Waals surface area contributed by atoms with Crippen molar-refractivity contribution >= 4 is 29.9 Å². The SMILES string of the molecule is CCCOc1ccc(CNC(=NC)NCC2(CCOC)CCCC2)cc1OC.I. The first-order valence-corrected chi connectivity index (χ1v) is 10.4. The molecule has 1 fully saturated rings. The second-order valence-corrected chi connectivity index (χ2v) is 7.56. The van der Waals surface area contributed by atoms with Gasteiger partial charge in [-0.2, -0.15) is 0 Å². The average molecular weight is 519 g/mol. The standard InChI is InChI=1S/C22H37N3O3.HI/c1-5-13-28-19-9-8-18(15-20(19)27-4)16-24-21(23-2)25-17-22(12-14-26-3)10-6-7-11-22;/h8-9,15H,5-7,10-14,16-17H2,1-4H3,(H2,23,24,25);1H.